The Morgan fingerprint density at radius 2 is 1.79 bits per heavy atom. The highest BCUT2D eigenvalue weighted by Gasteiger charge is 2.24. The fraction of sp³-hybridized carbons (Fsp3) is 0.250. The summed E-state index contributed by atoms with van der Waals surface area (Å²) in [4.78, 5) is 35.7. The van der Waals surface area contributed by atoms with Gasteiger partial charge in [0.15, 0.2) is 0 Å². The molecule has 2 aromatic heterocycles. The highest BCUT2D eigenvalue weighted by atomic mass is 19.1. The molecule has 3 heterocycles. The standard InChI is InChI=1S/C24H22F2N4O3/c25-17-5-1-6-18(26)22(17)19-7-2-8-20(28-19)23(32)29-21-14-27-11-9-16(21)24(33)30-12-3-4-15(31)10-13-30/h1-2,5-9,11,14-15,31H,3-4,10,12-13H2,(H,29,32). The Morgan fingerprint density at radius 3 is 2.58 bits per heavy atom. The Balaban J connectivity index is 1.57. The molecule has 4 rings (SSSR count). The van der Waals surface area contributed by atoms with Crippen LogP contribution in [0.15, 0.2) is 54.9 Å². The van der Waals surface area contributed by atoms with Crippen molar-refractivity contribution in [1.29, 1.82) is 0 Å². The number of aromatic nitrogens is 2. The summed E-state index contributed by atoms with van der Waals surface area (Å²) in [5.74, 6) is -2.51. The number of amides is 2. The summed E-state index contributed by atoms with van der Waals surface area (Å²) in [6.45, 7) is 0.914. The number of hydrogen-bond acceptors (Lipinski definition) is 5. The first-order valence-corrected chi connectivity index (χ1v) is 10.6. The molecule has 1 fully saturated rings. The van der Waals surface area contributed by atoms with Gasteiger partial charge in [-0.1, -0.05) is 12.1 Å². The van der Waals surface area contributed by atoms with Crippen LogP contribution in [-0.4, -0.2) is 51.0 Å². The van der Waals surface area contributed by atoms with Crippen molar-refractivity contribution in [2.45, 2.75) is 25.4 Å². The van der Waals surface area contributed by atoms with Gasteiger partial charge in [0, 0.05) is 19.3 Å². The summed E-state index contributed by atoms with van der Waals surface area (Å²) in [5.41, 5.74) is 0.0273. The molecular formula is C24H22F2N4O3. The molecule has 0 spiro atoms. The van der Waals surface area contributed by atoms with E-state index in [0.717, 1.165) is 12.1 Å². The average Bonchev–Trinajstić information content (AvgIpc) is 3.03. The zero-order chi connectivity index (χ0) is 23.4. The van der Waals surface area contributed by atoms with E-state index in [1.807, 2.05) is 0 Å². The van der Waals surface area contributed by atoms with Gasteiger partial charge in [0.1, 0.15) is 17.3 Å². The van der Waals surface area contributed by atoms with Crippen LogP contribution < -0.4 is 5.32 Å². The van der Waals surface area contributed by atoms with E-state index in [4.69, 9.17) is 0 Å². The molecule has 0 radical (unpaired) electrons. The van der Waals surface area contributed by atoms with Crippen LogP contribution in [0.4, 0.5) is 14.5 Å². The largest absolute Gasteiger partial charge is 0.393 e. The van der Waals surface area contributed by atoms with Gasteiger partial charge in [-0.25, -0.2) is 13.8 Å². The number of hydrogen-bond donors (Lipinski definition) is 2. The predicted molar refractivity (Wildman–Crippen MR) is 118 cm³/mol. The van der Waals surface area contributed by atoms with Crippen molar-refractivity contribution in [2.24, 2.45) is 0 Å². The summed E-state index contributed by atoms with van der Waals surface area (Å²) < 4.78 is 28.3. The van der Waals surface area contributed by atoms with Gasteiger partial charge in [0.2, 0.25) is 0 Å². The first-order chi connectivity index (χ1) is 15.9. The van der Waals surface area contributed by atoms with Gasteiger partial charge in [-0.15, -0.1) is 0 Å². The number of pyridine rings is 2. The van der Waals surface area contributed by atoms with Crippen LogP contribution in [0.5, 0.6) is 0 Å². The summed E-state index contributed by atoms with van der Waals surface area (Å²) >= 11 is 0. The molecule has 1 atom stereocenters. The lowest BCUT2D eigenvalue weighted by molar-refractivity contribution is 0.0754. The number of carbonyl (C=O) groups excluding carboxylic acids is 2. The van der Waals surface area contributed by atoms with E-state index in [1.165, 1.54) is 42.7 Å². The number of nitrogens with one attached hydrogen (secondary N) is 1. The van der Waals surface area contributed by atoms with Crippen molar-refractivity contribution in [3.05, 3.63) is 77.8 Å². The maximum Gasteiger partial charge on any atom is 0.274 e. The predicted octanol–water partition coefficient (Wildman–Crippen LogP) is 3.66. The van der Waals surface area contributed by atoms with Gasteiger partial charge < -0.3 is 15.3 Å². The zero-order valence-electron chi connectivity index (χ0n) is 17.7. The van der Waals surface area contributed by atoms with E-state index in [2.05, 4.69) is 15.3 Å². The number of nitrogens with zero attached hydrogens (tertiary/aromatic N) is 3. The fourth-order valence-corrected chi connectivity index (χ4v) is 3.76. The van der Waals surface area contributed by atoms with Crippen LogP contribution in [0.2, 0.25) is 0 Å². The lowest BCUT2D eigenvalue weighted by Crippen LogP contribution is -2.33. The van der Waals surface area contributed by atoms with Crippen LogP contribution in [0.1, 0.15) is 40.1 Å². The zero-order valence-corrected chi connectivity index (χ0v) is 17.7. The van der Waals surface area contributed by atoms with Crippen molar-refractivity contribution >= 4 is 17.5 Å². The molecule has 1 aliphatic heterocycles. The van der Waals surface area contributed by atoms with Crippen molar-refractivity contribution < 1.29 is 23.5 Å². The molecular weight excluding hydrogens is 430 g/mol. The number of aliphatic hydroxyl groups is 1. The van der Waals surface area contributed by atoms with Gasteiger partial charge in [0.25, 0.3) is 11.8 Å². The maximum atomic E-state index is 14.1. The van der Waals surface area contributed by atoms with Gasteiger partial charge >= 0.3 is 0 Å². The highest BCUT2D eigenvalue weighted by molar-refractivity contribution is 6.08. The van der Waals surface area contributed by atoms with E-state index in [9.17, 15) is 23.5 Å². The molecule has 1 saturated heterocycles. The summed E-state index contributed by atoms with van der Waals surface area (Å²) in [6, 6.07) is 9.27. The average molecular weight is 452 g/mol. The molecule has 33 heavy (non-hydrogen) atoms. The lowest BCUT2D eigenvalue weighted by Gasteiger charge is -2.21. The third kappa shape index (κ3) is 5.04. The minimum Gasteiger partial charge on any atom is -0.393 e. The van der Waals surface area contributed by atoms with Gasteiger partial charge in [0.05, 0.1) is 34.8 Å². The Labute approximate surface area is 189 Å². The van der Waals surface area contributed by atoms with Crippen molar-refractivity contribution in [1.82, 2.24) is 14.9 Å². The fourth-order valence-electron chi connectivity index (χ4n) is 3.76. The van der Waals surface area contributed by atoms with Crippen molar-refractivity contribution in [2.75, 3.05) is 18.4 Å². The quantitative estimate of drug-likeness (QED) is 0.630. The first kappa shape index (κ1) is 22.5. The maximum absolute atomic E-state index is 14.1. The Morgan fingerprint density at radius 1 is 1.03 bits per heavy atom. The summed E-state index contributed by atoms with van der Waals surface area (Å²) in [5, 5.41) is 12.5. The van der Waals surface area contributed by atoms with Crippen LogP contribution in [0, 0.1) is 11.6 Å². The molecule has 170 valence electrons. The SMILES string of the molecule is O=C(Nc1cnccc1C(=O)N1CCCC(O)CC1)c1cccc(-c2c(F)cccc2F)n1. The van der Waals surface area contributed by atoms with Crippen molar-refractivity contribution in [3.63, 3.8) is 0 Å². The van der Waals surface area contributed by atoms with E-state index in [1.54, 1.807) is 4.90 Å². The van der Waals surface area contributed by atoms with Crippen molar-refractivity contribution in [3.8, 4) is 11.3 Å². The Kier molecular flexibility index (Phi) is 6.69. The number of benzene rings is 1. The molecule has 0 bridgehead atoms. The lowest BCUT2D eigenvalue weighted by atomic mass is 10.1. The van der Waals surface area contributed by atoms with E-state index >= 15 is 0 Å². The number of likely N-dealkylation sites (tertiary alicyclic amines) is 1. The first-order valence-electron chi connectivity index (χ1n) is 10.6. The monoisotopic (exact) mass is 452 g/mol. The van der Waals surface area contributed by atoms with Gasteiger partial charge in [-0.05, 0) is 49.6 Å². The highest BCUT2D eigenvalue weighted by Crippen LogP contribution is 2.25. The smallest absolute Gasteiger partial charge is 0.274 e. The molecule has 2 amide bonds. The molecule has 0 aliphatic carbocycles. The van der Waals surface area contributed by atoms with Gasteiger partial charge in [-0.2, -0.15) is 0 Å². The molecule has 1 aliphatic rings. The summed E-state index contributed by atoms with van der Waals surface area (Å²) in [6.07, 6.45) is 4.18. The van der Waals surface area contributed by atoms with Crippen LogP contribution in [0.3, 0.4) is 0 Å². The Bertz CT molecular complexity index is 1170. The third-order valence-corrected chi connectivity index (χ3v) is 5.49. The van der Waals surface area contributed by atoms with E-state index in [0.29, 0.717) is 32.4 Å². The van der Waals surface area contributed by atoms with Crippen LogP contribution in [-0.2, 0) is 0 Å². The number of carbonyl (C=O) groups is 2. The normalized spacial score (nSPS) is 16.2. The number of aliphatic hydroxyl groups excluding tert-OH is 1. The molecule has 1 unspecified atom stereocenters. The van der Waals surface area contributed by atoms with Crippen LogP contribution in [0.25, 0.3) is 11.3 Å². The topological polar surface area (TPSA) is 95.4 Å². The van der Waals surface area contributed by atoms with E-state index < -0.39 is 23.6 Å². The third-order valence-electron chi connectivity index (χ3n) is 5.49. The van der Waals surface area contributed by atoms with E-state index in [-0.39, 0.29) is 34.1 Å². The molecule has 3 aromatic rings. The second kappa shape index (κ2) is 9.83. The molecule has 9 heteroatoms. The second-order valence-electron chi connectivity index (χ2n) is 7.76. The number of rotatable bonds is 4. The molecule has 2 N–H and O–H groups in total. The minimum atomic E-state index is -0.789. The molecule has 7 nitrogen and oxygen atoms in total. The second-order valence-corrected chi connectivity index (χ2v) is 7.76. The summed E-state index contributed by atoms with van der Waals surface area (Å²) in [7, 11) is 0. The number of anilines is 1. The molecule has 1 aromatic carbocycles. The van der Waals surface area contributed by atoms with Gasteiger partial charge in [-0.3, -0.25) is 14.6 Å². The van der Waals surface area contributed by atoms with Crippen LogP contribution >= 0.6 is 0 Å². The molecule has 0 saturated carbocycles. The Hall–Kier alpha value is -3.72. The minimum absolute atomic E-state index is 0.0242. The number of halogens is 2.